The van der Waals surface area contributed by atoms with Crippen molar-refractivity contribution in [1.82, 2.24) is 14.9 Å². The zero-order chi connectivity index (χ0) is 18.4. The Bertz CT molecular complexity index is 753. The first-order chi connectivity index (χ1) is 12.6. The highest BCUT2D eigenvalue weighted by molar-refractivity contribution is 6.31. The van der Waals surface area contributed by atoms with Gasteiger partial charge in [0, 0.05) is 31.9 Å². The summed E-state index contributed by atoms with van der Waals surface area (Å²) in [6, 6.07) is 3.95. The van der Waals surface area contributed by atoms with Gasteiger partial charge in [-0.2, -0.15) is 0 Å². The van der Waals surface area contributed by atoms with Crippen molar-refractivity contribution in [2.75, 3.05) is 50.0 Å². The molecule has 0 bridgehead atoms. The first kappa shape index (κ1) is 18.5. The molecule has 1 fully saturated rings. The Hall–Kier alpha value is -2.29. The maximum absolute atomic E-state index is 13.1. The molecule has 1 aliphatic rings. The van der Waals surface area contributed by atoms with Crippen LogP contribution in [0.15, 0.2) is 30.6 Å². The van der Waals surface area contributed by atoms with E-state index in [-0.39, 0.29) is 10.7 Å². The predicted molar refractivity (Wildman–Crippen MR) is 97.1 cm³/mol. The number of hydrogen-bond donors (Lipinski definition) is 2. The Morgan fingerprint density at radius 2 is 2.08 bits per heavy atom. The van der Waals surface area contributed by atoms with Gasteiger partial charge in [-0.15, -0.1) is 0 Å². The van der Waals surface area contributed by atoms with Gasteiger partial charge in [-0.25, -0.2) is 14.4 Å². The van der Waals surface area contributed by atoms with Crippen LogP contribution in [-0.4, -0.2) is 60.2 Å². The van der Waals surface area contributed by atoms with Gasteiger partial charge < -0.3 is 15.4 Å². The Kier molecular flexibility index (Phi) is 6.32. The fourth-order valence-corrected chi connectivity index (χ4v) is 2.65. The molecule has 2 N–H and O–H groups in total. The summed E-state index contributed by atoms with van der Waals surface area (Å²) in [5.41, 5.74) is 0.542. The zero-order valence-electron chi connectivity index (χ0n) is 14.0. The van der Waals surface area contributed by atoms with Gasteiger partial charge in [-0.3, -0.25) is 9.69 Å². The summed E-state index contributed by atoms with van der Waals surface area (Å²) in [7, 11) is 0. The maximum Gasteiger partial charge on any atom is 0.275 e. The number of ether oxygens (including phenoxy) is 1. The van der Waals surface area contributed by atoms with Gasteiger partial charge in [0.2, 0.25) is 0 Å². The minimum Gasteiger partial charge on any atom is -0.379 e. The summed E-state index contributed by atoms with van der Waals surface area (Å²) in [5, 5.41) is 5.71. The van der Waals surface area contributed by atoms with Gasteiger partial charge in [0.05, 0.1) is 30.6 Å². The average molecular weight is 380 g/mol. The molecule has 1 saturated heterocycles. The fourth-order valence-electron chi connectivity index (χ4n) is 2.47. The van der Waals surface area contributed by atoms with E-state index < -0.39 is 11.7 Å². The van der Waals surface area contributed by atoms with Crippen LogP contribution in [0, 0.1) is 5.82 Å². The summed E-state index contributed by atoms with van der Waals surface area (Å²) < 4.78 is 18.4. The van der Waals surface area contributed by atoms with E-state index in [1.54, 1.807) is 0 Å². The van der Waals surface area contributed by atoms with Crippen molar-refractivity contribution in [2.24, 2.45) is 0 Å². The van der Waals surface area contributed by atoms with Crippen molar-refractivity contribution in [1.29, 1.82) is 0 Å². The molecule has 0 radical (unpaired) electrons. The predicted octanol–water partition coefficient (Wildman–Crippen LogP) is 2.27. The first-order valence-electron chi connectivity index (χ1n) is 8.24. The van der Waals surface area contributed by atoms with E-state index in [1.807, 2.05) is 0 Å². The number of morpholine rings is 1. The molecule has 1 aliphatic heterocycles. The molecule has 2 aromatic rings. The standard InChI is InChI=1S/C17H19ClFN5O2/c18-13-9-12(1-2-14(13)19)23-17(25)15-10-22-16(11-21-15)20-3-4-24-5-7-26-8-6-24/h1-2,9-11H,3-8H2,(H,20,22)(H,23,25). The third kappa shape index (κ3) is 5.10. The van der Waals surface area contributed by atoms with Crippen LogP contribution < -0.4 is 10.6 Å². The Balaban J connectivity index is 1.49. The number of halogens is 2. The van der Waals surface area contributed by atoms with Crippen molar-refractivity contribution in [2.45, 2.75) is 0 Å². The van der Waals surface area contributed by atoms with E-state index in [2.05, 4.69) is 25.5 Å². The fraction of sp³-hybridized carbons (Fsp3) is 0.353. The van der Waals surface area contributed by atoms with Gasteiger partial charge >= 0.3 is 0 Å². The normalized spacial score (nSPS) is 14.8. The van der Waals surface area contributed by atoms with Crippen molar-refractivity contribution < 1.29 is 13.9 Å². The second-order valence-corrected chi connectivity index (χ2v) is 6.16. The van der Waals surface area contributed by atoms with Gasteiger partial charge in [-0.1, -0.05) is 11.6 Å². The lowest BCUT2D eigenvalue weighted by atomic mass is 10.3. The molecule has 3 rings (SSSR count). The van der Waals surface area contributed by atoms with Gasteiger partial charge in [0.25, 0.3) is 5.91 Å². The molecule has 1 aromatic carbocycles. The highest BCUT2D eigenvalue weighted by Gasteiger charge is 2.11. The molecule has 26 heavy (non-hydrogen) atoms. The maximum atomic E-state index is 13.1. The van der Waals surface area contributed by atoms with Crippen molar-refractivity contribution >= 4 is 29.0 Å². The number of hydrogen-bond acceptors (Lipinski definition) is 6. The second-order valence-electron chi connectivity index (χ2n) is 5.75. The molecule has 0 atom stereocenters. The lowest BCUT2D eigenvalue weighted by molar-refractivity contribution is 0.0398. The largest absolute Gasteiger partial charge is 0.379 e. The number of rotatable bonds is 6. The monoisotopic (exact) mass is 379 g/mol. The van der Waals surface area contributed by atoms with Crippen LogP contribution in [0.4, 0.5) is 15.9 Å². The number of aromatic nitrogens is 2. The van der Waals surface area contributed by atoms with Crippen LogP contribution in [0.3, 0.4) is 0 Å². The van der Waals surface area contributed by atoms with Crippen LogP contribution in [0.5, 0.6) is 0 Å². The number of nitrogens with one attached hydrogen (secondary N) is 2. The summed E-state index contributed by atoms with van der Waals surface area (Å²) in [4.78, 5) is 22.8. The van der Waals surface area contributed by atoms with Crippen molar-refractivity contribution in [3.8, 4) is 0 Å². The second kappa shape index (κ2) is 8.88. The molecule has 0 spiro atoms. The molecule has 0 saturated carbocycles. The van der Waals surface area contributed by atoms with Gasteiger partial charge in [0.1, 0.15) is 17.3 Å². The van der Waals surface area contributed by atoms with Crippen molar-refractivity contribution in [3.05, 3.63) is 47.1 Å². The minimum absolute atomic E-state index is 0.0614. The Labute approximate surface area is 155 Å². The number of anilines is 2. The molecule has 0 unspecified atom stereocenters. The lowest BCUT2D eigenvalue weighted by Crippen LogP contribution is -2.39. The number of carbonyl (C=O) groups is 1. The summed E-state index contributed by atoms with van der Waals surface area (Å²) in [5.74, 6) is -0.392. The summed E-state index contributed by atoms with van der Waals surface area (Å²) in [6.45, 7) is 5.01. The van der Waals surface area contributed by atoms with Crippen molar-refractivity contribution in [3.63, 3.8) is 0 Å². The number of carbonyl (C=O) groups excluding carboxylic acids is 1. The summed E-state index contributed by atoms with van der Waals surface area (Å²) in [6.07, 6.45) is 2.89. The first-order valence-corrected chi connectivity index (χ1v) is 8.62. The van der Waals surface area contributed by atoms with E-state index in [4.69, 9.17) is 16.3 Å². The Morgan fingerprint density at radius 1 is 1.27 bits per heavy atom. The molecular weight excluding hydrogens is 361 g/mol. The molecule has 0 aliphatic carbocycles. The van der Waals surface area contributed by atoms with Crippen LogP contribution in [0.2, 0.25) is 5.02 Å². The molecular formula is C17H19ClFN5O2. The number of amides is 1. The van der Waals surface area contributed by atoms with E-state index in [0.717, 1.165) is 39.4 Å². The third-order valence-corrected chi connectivity index (χ3v) is 4.19. The highest BCUT2D eigenvalue weighted by atomic mass is 35.5. The van der Waals surface area contributed by atoms with E-state index >= 15 is 0 Å². The van der Waals surface area contributed by atoms with Gasteiger partial charge in [-0.05, 0) is 18.2 Å². The molecule has 7 nitrogen and oxygen atoms in total. The van der Waals surface area contributed by atoms with Crippen LogP contribution in [0.25, 0.3) is 0 Å². The number of nitrogens with zero attached hydrogens (tertiary/aromatic N) is 3. The smallest absolute Gasteiger partial charge is 0.275 e. The highest BCUT2D eigenvalue weighted by Crippen LogP contribution is 2.19. The molecule has 2 heterocycles. The van der Waals surface area contributed by atoms with Gasteiger partial charge in [0.15, 0.2) is 0 Å². The van der Waals surface area contributed by atoms with Crippen LogP contribution in [0.1, 0.15) is 10.5 Å². The molecule has 138 valence electrons. The lowest BCUT2D eigenvalue weighted by Gasteiger charge is -2.26. The number of benzene rings is 1. The van der Waals surface area contributed by atoms with Crippen LogP contribution >= 0.6 is 11.6 Å². The third-order valence-electron chi connectivity index (χ3n) is 3.90. The van der Waals surface area contributed by atoms with E-state index in [9.17, 15) is 9.18 Å². The van der Waals surface area contributed by atoms with Crippen LogP contribution in [-0.2, 0) is 4.74 Å². The Morgan fingerprint density at radius 3 is 2.77 bits per heavy atom. The zero-order valence-corrected chi connectivity index (χ0v) is 14.8. The SMILES string of the molecule is O=C(Nc1ccc(F)c(Cl)c1)c1cnc(NCCN2CCOCC2)cn1. The minimum atomic E-state index is -0.544. The van der Waals surface area contributed by atoms with E-state index in [1.165, 1.54) is 30.6 Å². The van der Waals surface area contributed by atoms with E-state index in [0.29, 0.717) is 11.5 Å². The average Bonchev–Trinajstić information content (AvgIpc) is 2.66. The molecule has 1 amide bonds. The topological polar surface area (TPSA) is 79.4 Å². The summed E-state index contributed by atoms with van der Waals surface area (Å²) >= 11 is 5.70. The quantitative estimate of drug-likeness (QED) is 0.801. The molecule has 9 heteroatoms. The molecule has 1 aromatic heterocycles.